The van der Waals surface area contributed by atoms with Crippen LogP contribution in [-0.4, -0.2) is 28.0 Å². The predicted octanol–water partition coefficient (Wildman–Crippen LogP) is 4.99. The molecule has 4 fully saturated rings. The first-order chi connectivity index (χ1) is 16.4. The number of carbonyl (C=O) groups excluding carboxylic acids is 1. The Morgan fingerprint density at radius 2 is 1.65 bits per heavy atom. The van der Waals surface area contributed by atoms with E-state index in [0.717, 1.165) is 61.1 Å². The maximum atomic E-state index is 13.5. The van der Waals surface area contributed by atoms with Crippen molar-refractivity contribution in [3.63, 3.8) is 0 Å². The van der Waals surface area contributed by atoms with Crippen LogP contribution in [0.4, 0.5) is 11.4 Å². The molecule has 1 aliphatic heterocycles. The van der Waals surface area contributed by atoms with E-state index in [2.05, 4.69) is 5.32 Å². The Morgan fingerprint density at radius 1 is 1.00 bits per heavy atom. The molecule has 180 valence electrons. The van der Waals surface area contributed by atoms with Gasteiger partial charge in [-0.05, 0) is 117 Å². The van der Waals surface area contributed by atoms with Crippen molar-refractivity contribution in [2.75, 3.05) is 23.3 Å². The van der Waals surface area contributed by atoms with Crippen LogP contribution in [0.2, 0.25) is 0 Å². The molecule has 7 heteroatoms. The van der Waals surface area contributed by atoms with Crippen molar-refractivity contribution in [1.82, 2.24) is 0 Å². The highest BCUT2D eigenvalue weighted by Crippen LogP contribution is 2.60. The average Bonchev–Trinajstić information content (AvgIpc) is 2.82. The Hall–Kier alpha value is -2.54. The molecule has 2 aromatic rings. The van der Waals surface area contributed by atoms with Crippen LogP contribution < -0.4 is 14.4 Å². The van der Waals surface area contributed by atoms with Gasteiger partial charge in [-0.1, -0.05) is 0 Å². The van der Waals surface area contributed by atoms with E-state index >= 15 is 0 Å². The van der Waals surface area contributed by atoms with E-state index in [0.29, 0.717) is 18.0 Å². The van der Waals surface area contributed by atoms with E-state index in [4.69, 9.17) is 4.74 Å². The molecule has 0 radical (unpaired) electrons. The number of amides is 1. The third kappa shape index (κ3) is 3.60. The van der Waals surface area contributed by atoms with Crippen LogP contribution in [-0.2, 0) is 21.2 Å². The number of hydrogen-bond donors (Lipinski definition) is 1. The summed E-state index contributed by atoms with van der Waals surface area (Å²) in [6, 6.07) is 12.2. The van der Waals surface area contributed by atoms with E-state index < -0.39 is 10.0 Å². The Labute approximate surface area is 201 Å². The summed E-state index contributed by atoms with van der Waals surface area (Å²) < 4.78 is 33.4. The average molecular weight is 481 g/mol. The number of nitrogens with one attached hydrogen (secondary N) is 1. The molecule has 4 aliphatic carbocycles. The minimum atomic E-state index is -3.68. The number of methoxy groups -OCH3 is 1. The van der Waals surface area contributed by atoms with Gasteiger partial charge in [0.1, 0.15) is 5.75 Å². The lowest BCUT2D eigenvalue weighted by Gasteiger charge is -2.55. The molecule has 0 saturated heterocycles. The van der Waals surface area contributed by atoms with Gasteiger partial charge in [-0.15, -0.1) is 0 Å². The van der Waals surface area contributed by atoms with Crippen molar-refractivity contribution in [3.8, 4) is 5.75 Å². The molecule has 1 N–H and O–H groups in total. The van der Waals surface area contributed by atoms with Crippen molar-refractivity contribution in [1.29, 1.82) is 0 Å². The van der Waals surface area contributed by atoms with Crippen LogP contribution in [0.3, 0.4) is 0 Å². The molecule has 7 rings (SSSR count). The van der Waals surface area contributed by atoms with Crippen LogP contribution in [0, 0.1) is 23.2 Å². The summed E-state index contributed by atoms with van der Waals surface area (Å²) in [7, 11) is -2.12. The maximum absolute atomic E-state index is 13.5. The minimum Gasteiger partial charge on any atom is -0.497 e. The lowest BCUT2D eigenvalue weighted by atomic mass is 9.49. The lowest BCUT2D eigenvalue weighted by Crippen LogP contribution is -2.51. The zero-order chi connectivity index (χ0) is 23.5. The first kappa shape index (κ1) is 22.0. The first-order valence-corrected chi connectivity index (χ1v) is 13.9. The Kier molecular flexibility index (Phi) is 5.17. The fraction of sp³-hybridized carbons (Fsp3) is 0.519. The van der Waals surface area contributed by atoms with Gasteiger partial charge < -0.3 is 10.1 Å². The summed E-state index contributed by atoms with van der Waals surface area (Å²) >= 11 is 0. The van der Waals surface area contributed by atoms with Gasteiger partial charge in [0.25, 0.3) is 10.0 Å². The Bertz CT molecular complexity index is 1190. The molecule has 0 aromatic heterocycles. The molecule has 5 aliphatic rings. The van der Waals surface area contributed by atoms with Gasteiger partial charge in [-0.25, -0.2) is 8.42 Å². The van der Waals surface area contributed by atoms with Gasteiger partial charge in [-0.2, -0.15) is 0 Å². The van der Waals surface area contributed by atoms with Crippen molar-refractivity contribution < 1.29 is 17.9 Å². The number of anilines is 2. The van der Waals surface area contributed by atoms with Gasteiger partial charge in [0, 0.05) is 12.2 Å². The second-order valence-electron chi connectivity index (χ2n) is 10.9. The number of nitrogens with zero attached hydrogens (tertiary/aromatic N) is 1. The predicted molar refractivity (Wildman–Crippen MR) is 132 cm³/mol. The highest BCUT2D eigenvalue weighted by molar-refractivity contribution is 7.92. The first-order valence-electron chi connectivity index (χ1n) is 12.5. The van der Waals surface area contributed by atoms with E-state index in [1.807, 2.05) is 18.2 Å². The van der Waals surface area contributed by atoms with Crippen LogP contribution in [0.1, 0.15) is 50.5 Å². The number of fused-ring (bicyclic) bond motifs is 1. The van der Waals surface area contributed by atoms with Gasteiger partial charge in [-0.3, -0.25) is 9.10 Å². The summed E-state index contributed by atoms with van der Waals surface area (Å²) in [4.78, 5) is 13.7. The monoisotopic (exact) mass is 480 g/mol. The number of sulfonamides is 1. The van der Waals surface area contributed by atoms with Gasteiger partial charge in [0.05, 0.1) is 23.1 Å². The fourth-order valence-electron chi connectivity index (χ4n) is 7.42. The molecule has 0 atom stereocenters. The second-order valence-corrected chi connectivity index (χ2v) is 12.7. The molecule has 6 nitrogen and oxygen atoms in total. The third-order valence-corrected chi connectivity index (χ3v) is 10.4. The summed E-state index contributed by atoms with van der Waals surface area (Å²) in [6.07, 6.45) is 8.56. The molecular weight excluding hydrogens is 448 g/mol. The molecule has 34 heavy (non-hydrogen) atoms. The summed E-state index contributed by atoms with van der Waals surface area (Å²) in [5, 5.41) is 3.23. The second kappa shape index (κ2) is 8.01. The molecule has 0 unspecified atom stereocenters. The van der Waals surface area contributed by atoms with Gasteiger partial charge in [0.2, 0.25) is 5.91 Å². The standard InChI is InChI=1S/C27H32N2O4S/c1-33-23-5-7-24(8-6-23)34(31,32)29-10-2-3-21-14-22(4-9-25(21)29)28-26(30)27-15-18-11-19(16-27)13-20(12-18)17-27/h4-9,14,18-20H,2-3,10-13,15-17H2,1H3,(H,28,30). The van der Waals surface area contributed by atoms with E-state index in [-0.39, 0.29) is 16.2 Å². The van der Waals surface area contributed by atoms with Crippen molar-refractivity contribution in [3.05, 3.63) is 48.0 Å². The van der Waals surface area contributed by atoms with E-state index in [1.165, 1.54) is 23.6 Å². The zero-order valence-electron chi connectivity index (χ0n) is 19.6. The van der Waals surface area contributed by atoms with E-state index in [9.17, 15) is 13.2 Å². The van der Waals surface area contributed by atoms with Crippen molar-refractivity contribution in [2.24, 2.45) is 23.2 Å². The number of rotatable bonds is 5. The molecule has 4 saturated carbocycles. The van der Waals surface area contributed by atoms with Crippen molar-refractivity contribution in [2.45, 2.75) is 56.3 Å². The highest BCUT2D eigenvalue weighted by Gasteiger charge is 2.54. The van der Waals surface area contributed by atoms with E-state index in [1.54, 1.807) is 31.4 Å². The van der Waals surface area contributed by atoms with Crippen LogP contribution in [0.15, 0.2) is 47.4 Å². The van der Waals surface area contributed by atoms with Crippen LogP contribution in [0.25, 0.3) is 0 Å². The molecule has 1 amide bonds. The Balaban J connectivity index is 1.24. The highest BCUT2D eigenvalue weighted by atomic mass is 32.2. The smallest absolute Gasteiger partial charge is 0.264 e. The topological polar surface area (TPSA) is 75.7 Å². The lowest BCUT2D eigenvalue weighted by molar-refractivity contribution is -0.140. The SMILES string of the molecule is COc1ccc(S(=O)(=O)N2CCCc3cc(NC(=O)C45CC6CC(CC(C6)C4)C5)ccc32)cc1. The molecular formula is C27H32N2O4S. The molecule has 4 bridgehead atoms. The maximum Gasteiger partial charge on any atom is 0.264 e. The number of carbonyl (C=O) groups is 1. The van der Waals surface area contributed by atoms with Gasteiger partial charge >= 0.3 is 0 Å². The largest absolute Gasteiger partial charge is 0.497 e. The number of benzene rings is 2. The molecule has 0 spiro atoms. The van der Waals surface area contributed by atoms with Crippen molar-refractivity contribution >= 4 is 27.3 Å². The van der Waals surface area contributed by atoms with Gasteiger partial charge in [0.15, 0.2) is 0 Å². The number of aryl methyl sites for hydroxylation is 1. The third-order valence-electron chi connectivity index (χ3n) is 8.58. The summed E-state index contributed by atoms with van der Waals surface area (Å²) in [6.45, 7) is 0.445. The quantitative estimate of drug-likeness (QED) is 0.654. The summed E-state index contributed by atoms with van der Waals surface area (Å²) in [5.74, 6) is 2.95. The normalized spacial score (nSPS) is 29.6. The number of ether oxygens (including phenoxy) is 1. The summed E-state index contributed by atoms with van der Waals surface area (Å²) in [5.41, 5.74) is 2.25. The number of hydrogen-bond acceptors (Lipinski definition) is 4. The van der Waals surface area contributed by atoms with Crippen LogP contribution in [0.5, 0.6) is 5.75 Å². The molecule has 1 heterocycles. The fourth-order valence-corrected chi connectivity index (χ4v) is 8.96. The Morgan fingerprint density at radius 3 is 2.26 bits per heavy atom. The molecule has 2 aromatic carbocycles. The minimum absolute atomic E-state index is 0.171. The van der Waals surface area contributed by atoms with Crippen LogP contribution >= 0.6 is 0 Å². The zero-order valence-corrected chi connectivity index (χ0v) is 20.4.